The molecule has 1 aromatic carbocycles. The third-order valence-corrected chi connectivity index (χ3v) is 6.46. The van der Waals surface area contributed by atoms with Gasteiger partial charge in [0.25, 0.3) is 0 Å². The summed E-state index contributed by atoms with van der Waals surface area (Å²) in [5.74, 6) is 0.582. The van der Waals surface area contributed by atoms with Crippen LogP contribution in [-0.4, -0.2) is 38.8 Å². The monoisotopic (exact) mass is 314 g/mol. The number of methoxy groups -OCH3 is 1. The van der Waals surface area contributed by atoms with Crippen LogP contribution in [0.25, 0.3) is 0 Å². The van der Waals surface area contributed by atoms with Gasteiger partial charge in [-0.15, -0.1) is 0 Å². The molecule has 6 heteroatoms. The van der Waals surface area contributed by atoms with Crippen LogP contribution in [0.2, 0.25) is 0 Å². The average Bonchev–Trinajstić information content (AvgIpc) is 2.85. The number of hydrogen-bond donors (Lipinski definition) is 1. The number of aliphatic hydroxyl groups excluding tert-OH is 1. The Hall–Kier alpha value is -1.11. The molecule has 0 aromatic heterocycles. The lowest BCUT2D eigenvalue weighted by Gasteiger charge is -2.29. The summed E-state index contributed by atoms with van der Waals surface area (Å²) in [6.45, 7) is 4.15. The molecule has 1 aromatic rings. The Morgan fingerprint density at radius 3 is 2.29 bits per heavy atom. The second-order valence-electron chi connectivity index (χ2n) is 5.41. The maximum Gasteiger partial charge on any atom is 0.207 e. The van der Waals surface area contributed by atoms with Gasteiger partial charge in [-0.25, -0.2) is 8.42 Å². The van der Waals surface area contributed by atoms with Crippen LogP contribution in [-0.2, 0) is 14.6 Å². The van der Waals surface area contributed by atoms with Gasteiger partial charge in [-0.3, -0.25) is 0 Å². The van der Waals surface area contributed by atoms with E-state index in [0.717, 1.165) is 0 Å². The molecule has 0 amide bonds. The van der Waals surface area contributed by atoms with Crippen molar-refractivity contribution >= 4 is 9.84 Å². The first-order chi connectivity index (χ1) is 9.91. The fourth-order valence-corrected chi connectivity index (χ4v) is 4.40. The van der Waals surface area contributed by atoms with E-state index in [1.807, 2.05) is 13.8 Å². The van der Waals surface area contributed by atoms with Crippen molar-refractivity contribution in [3.8, 4) is 5.75 Å². The Labute approximate surface area is 125 Å². The van der Waals surface area contributed by atoms with Crippen molar-refractivity contribution in [2.45, 2.75) is 43.1 Å². The number of benzene rings is 1. The molecule has 1 aliphatic heterocycles. The molecule has 5 nitrogen and oxygen atoms in total. The summed E-state index contributed by atoms with van der Waals surface area (Å²) in [5, 5.41) is 10.5. The van der Waals surface area contributed by atoms with Crippen molar-refractivity contribution in [1.29, 1.82) is 0 Å². The minimum Gasteiger partial charge on any atom is -0.497 e. The summed E-state index contributed by atoms with van der Waals surface area (Å²) in [6.07, 6.45) is 0.345. The second-order valence-corrected chi connectivity index (χ2v) is 7.44. The minimum atomic E-state index is -3.73. The molecule has 1 heterocycles. The number of hydrogen-bond acceptors (Lipinski definition) is 5. The number of ether oxygens (including phenoxy) is 2. The van der Waals surface area contributed by atoms with Crippen molar-refractivity contribution in [2.24, 2.45) is 5.41 Å². The fourth-order valence-electron chi connectivity index (χ4n) is 2.74. The molecular weight excluding hydrogens is 292 g/mol. The van der Waals surface area contributed by atoms with Gasteiger partial charge in [-0.1, -0.05) is 13.8 Å². The smallest absolute Gasteiger partial charge is 0.207 e. The lowest BCUT2D eigenvalue weighted by atomic mass is 9.80. The summed E-state index contributed by atoms with van der Waals surface area (Å²) < 4.78 is 35.8. The first kappa shape index (κ1) is 16.3. The van der Waals surface area contributed by atoms with Crippen LogP contribution in [0.5, 0.6) is 5.75 Å². The highest BCUT2D eigenvalue weighted by molar-refractivity contribution is 7.92. The Balaban J connectivity index is 2.32. The lowest BCUT2D eigenvalue weighted by molar-refractivity contribution is 0.0530. The number of rotatable bonds is 5. The van der Waals surface area contributed by atoms with E-state index in [9.17, 15) is 13.5 Å². The van der Waals surface area contributed by atoms with E-state index in [1.165, 1.54) is 19.2 Å². The molecule has 2 rings (SSSR count). The van der Waals surface area contributed by atoms with E-state index in [2.05, 4.69) is 0 Å². The van der Waals surface area contributed by atoms with Crippen LogP contribution < -0.4 is 4.74 Å². The van der Waals surface area contributed by atoms with Gasteiger partial charge in [0.05, 0.1) is 18.6 Å². The summed E-state index contributed by atoms with van der Waals surface area (Å²) >= 11 is 0. The second kappa shape index (κ2) is 5.94. The molecule has 1 saturated heterocycles. The van der Waals surface area contributed by atoms with Gasteiger partial charge in [0, 0.05) is 5.41 Å². The molecule has 21 heavy (non-hydrogen) atoms. The van der Waals surface area contributed by atoms with E-state index >= 15 is 0 Å². The number of aliphatic hydroxyl groups is 1. The highest BCUT2D eigenvalue weighted by Gasteiger charge is 2.52. The zero-order chi connectivity index (χ0) is 15.7. The molecule has 0 radical (unpaired) electrons. The van der Waals surface area contributed by atoms with Gasteiger partial charge in [-0.2, -0.15) is 0 Å². The first-order valence-corrected chi connectivity index (χ1v) is 8.63. The summed E-state index contributed by atoms with van der Waals surface area (Å²) in [4.78, 5) is 0.135. The SMILES string of the molecule is CCC1(CC)CO[C@H](S(=O)(=O)c2ccc(OC)cc2)[C@H]1O. The maximum absolute atomic E-state index is 12.6. The van der Waals surface area contributed by atoms with Crippen molar-refractivity contribution in [1.82, 2.24) is 0 Å². The summed E-state index contributed by atoms with van der Waals surface area (Å²) in [7, 11) is -2.21. The Morgan fingerprint density at radius 2 is 1.86 bits per heavy atom. The molecule has 0 spiro atoms. The fraction of sp³-hybridized carbons (Fsp3) is 0.600. The van der Waals surface area contributed by atoms with E-state index < -0.39 is 26.8 Å². The maximum atomic E-state index is 12.6. The van der Waals surface area contributed by atoms with E-state index in [0.29, 0.717) is 18.6 Å². The van der Waals surface area contributed by atoms with Gasteiger partial charge >= 0.3 is 0 Å². The zero-order valence-corrected chi connectivity index (χ0v) is 13.4. The molecule has 0 saturated carbocycles. The summed E-state index contributed by atoms with van der Waals surface area (Å²) in [5.41, 5.74) is -1.68. The predicted molar refractivity (Wildman–Crippen MR) is 78.9 cm³/mol. The molecule has 0 unspecified atom stereocenters. The quantitative estimate of drug-likeness (QED) is 0.900. The lowest BCUT2D eigenvalue weighted by Crippen LogP contribution is -2.40. The average molecular weight is 314 g/mol. The molecule has 1 fully saturated rings. The van der Waals surface area contributed by atoms with Crippen molar-refractivity contribution in [3.05, 3.63) is 24.3 Å². The largest absolute Gasteiger partial charge is 0.497 e. The van der Waals surface area contributed by atoms with E-state index in [1.54, 1.807) is 12.1 Å². The van der Waals surface area contributed by atoms with Crippen LogP contribution in [0.15, 0.2) is 29.2 Å². The zero-order valence-electron chi connectivity index (χ0n) is 12.6. The van der Waals surface area contributed by atoms with Crippen molar-refractivity contribution in [3.63, 3.8) is 0 Å². The standard InChI is InChI=1S/C15H22O5S/c1-4-15(5-2)10-20-14(13(15)16)21(17,18)12-8-6-11(19-3)7-9-12/h6-9,13-14,16H,4-5,10H2,1-3H3/t13-,14-/m1/s1. The molecule has 1 N–H and O–H groups in total. The molecule has 1 aliphatic rings. The molecular formula is C15H22O5S. The van der Waals surface area contributed by atoms with Crippen LogP contribution in [0, 0.1) is 5.41 Å². The Morgan fingerprint density at radius 1 is 1.29 bits per heavy atom. The van der Waals surface area contributed by atoms with Crippen molar-refractivity contribution in [2.75, 3.05) is 13.7 Å². The highest BCUT2D eigenvalue weighted by Crippen LogP contribution is 2.42. The molecule has 0 aliphatic carbocycles. The topological polar surface area (TPSA) is 72.8 Å². The summed E-state index contributed by atoms with van der Waals surface area (Å²) in [6, 6.07) is 6.12. The Bertz CT molecular complexity index is 575. The Kier molecular flexibility index (Phi) is 4.60. The highest BCUT2D eigenvalue weighted by atomic mass is 32.2. The van der Waals surface area contributed by atoms with Gasteiger partial charge < -0.3 is 14.6 Å². The van der Waals surface area contributed by atoms with Gasteiger partial charge in [0.1, 0.15) is 11.9 Å². The van der Waals surface area contributed by atoms with Crippen LogP contribution in [0.4, 0.5) is 0 Å². The van der Waals surface area contributed by atoms with Crippen LogP contribution in [0.1, 0.15) is 26.7 Å². The van der Waals surface area contributed by atoms with Crippen molar-refractivity contribution < 1.29 is 23.0 Å². The van der Waals surface area contributed by atoms with Crippen LogP contribution in [0.3, 0.4) is 0 Å². The molecule has 2 atom stereocenters. The third-order valence-electron chi connectivity index (χ3n) is 4.52. The molecule has 118 valence electrons. The van der Waals surface area contributed by atoms with Gasteiger partial charge in [-0.05, 0) is 37.1 Å². The first-order valence-electron chi connectivity index (χ1n) is 7.09. The third kappa shape index (κ3) is 2.67. The minimum absolute atomic E-state index is 0.135. The molecule has 0 bridgehead atoms. The normalized spacial score (nSPS) is 25.0. The predicted octanol–water partition coefficient (Wildman–Crippen LogP) is 1.99. The van der Waals surface area contributed by atoms with Crippen LogP contribution >= 0.6 is 0 Å². The van der Waals surface area contributed by atoms with E-state index in [4.69, 9.17) is 9.47 Å². The van der Waals surface area contributed by atoms with E-state index in [-0.39, 0.29) is 11.5 Å². The van der Waals surface area contributed by atoms with Gasteiger partial charge in [0.2, 0.25) is 9.84 Å². The number of sulfone groups is 1. The van der Waals surface area contributed by atoms with Gasteiger partial charge in [0.15, 0.2) is 5.44 Å².